The molecule has 2 heterocycles. The summed E-state index contributed by atoms with van der Waals surface area (Å²) in [6.07, 6.45) is 1.37. The van der Waals surface area contributed by atoms with Gasteiger partial charge in [-0.2, -0.15) is 0 Å². The van der Waals surface area contributed by atoms with Crippen molar-refractivity contribution >= 4 is 11.3 Å². The second-order valence-corrected chi connectivity index (χ2v) is 5.92. The average molecular weight is 225 g/mol. The fourth-order valence-corrected chi connectivity index (χ4v) is 2.73. The van der Waals surface area contributed by atoms with E-state index in [1.165, 1.54) is 9.75 Å². The molecule has 1 unspecified atom stereocenters. The van der Waals surface area contributed by atoms with Crippen LogP contribution in [0.3, 0.4) is 0 Å². The first kappa shape index (κ1) is 11.1. The van der Waals surface area contributed by atoms with E-state index in [4.69, 9.17) is 4.74 Å². The van der Waals surface area contributed by atoms with E-state index in [2.05, 4.69) is 38.2 Å². The van der Waals surface area contributed by atoms with Crippen LogP contribution in [-0.4, -0.2) is 18.7 Å². The van der Waals surface area contributed by atoms with Gasteiger partial charge in [0.15, 0.2) is 0 Å². The summed E-state index contributed by atoms with van der Waals surface area (Å²) in [6, 6.07) is 4.41. The smallest absolute Gasteiger partial charge is 0.104 e. The molecule has 2 rings (SSSR count). The highest BCUT2D eigenvalue weighted by Crippen LogP contribution is 2.29. The monoisotopic (exact) mass is 225 g/mol. The lowest BCUT2D eigenvalue weighted by Gasteiger charge is -2.35. The van der Waals surface area contributed by atoms with Gasteiger partial charge in [0.25, 0.3) is 0 Å². The normalized spacial score (nSPS) is 25.4. The topological polar surface area (TPSA) is 21.3 Å². The SMILES string of the molecule is CCc1ccc(C2CNC(C)(C)CO2)s1. The molecule has 1 aliphatic rings. The second-order valence-electron chi connectivity index (χ2n) is 4.72. The predicted octanol–water partition coefficient (Wildman–Crippen LogP) is 2.75. The molecule has 1 atom stereocenters. The fourth-order valence-electron chi connectivity index (χ4n) is 1.73. The van der Waals surface area contributed by atoms with Crippen LogP contribution in [0.1, 0.15) is 36.6 Å². The highest BCUT2D eigenvalue weighted by Gasteiger charge is 2.28. The Balaban J connectivity index is 2.01. The minimum Gasteiger partial charge on any atom is -0.369 e. The lowest BCUT2D eigenvalue weighted by Crippen LogP contribution is -2.50. The average Bonchev–Trinajstić information content (AvgIpc) is 2.66. The molecule has 0 aliphatic carbocycles. The van der Waals surface area contributed by atoms with Gasteiger partial charge < -0.3 is 10.1 Å². The summed E-state index contributed by atoms with van der Waals surface area (Å²) >= 11 is 1.87. The molecule has 0 bridgehead atoms. The molecule has 0 aromatic carbocycles. The van der Waals surface area contributed by atoms with Crippen molar-refractivity contribution in [3.05, 3.63) is 21.9 Å². The van der Waals surface area contributed by atoms with Crippen LogP contribution in [0.5, 0.6) is 0 Å². The summed E-state index contributed by atoms with van der Waals surface area (Å²) in [4.78, 5) is 2.80. The largest absolute Gasteiger partial charge is 0.369 e. The van der Waals surface area contributed by atoms with Crippen molar-refractivity contribution in [2.75, 3.05) is 13.2 Å². The zero-order chi connectivity index (χ0) is 10.9. The van der Waals surface area contributed by atoms with Gasteiger partial charge in [0.1, 0.15) is 6.10 Å². The Morgan fingerprint density at radius 1 is 1.53 bits per heavy atom. The standard InChI is InChI=1S/C12H19NOS/c1-4-9-5-6-11(15-9)10-7-13-12(2,3)8-14-10/h5-6,10,13H,4,7-8H2,1-3H3. The van der Waals surface area contributed by atoms with Gasteiger partial charge in [0, 0.05) is 21.8 Å². The Kier molecular flexibility index (Phi) is 3.14. The first-order valence-corrected chi connectivity index (χ1v) is 6.37. The lowest BCUT2D eigenvalue weighted by atomic mass is 10.0. The number of rotatable bonds is 2. The van der Waals surface area contributed by atoms with Gasteiger partial charge in [0.05, 0.1) is 6.61 Å². The van der Waals surface area contributed by atoms with E-state index in [-0.39, 0.29) is 11.6 Å². The van der Waals surface area contributed by atoms with E-state index in [1.807, 2.05) is 11.3 Å². The highest BCUT2D eigenvalue weighted by molar-refractivity contribution is 7.12. The molecule has 1 aromatic heterocycles. The van der Waals surface area contributed by atoms with Crippen molar-refractivity contribution < 1.29 is 4.74 Å². The third kappa shape index (κ3) is 2.60. The van der Waals surface area contributed by atoms with Crippen molar-refractivity contribution in [1.82, 2.24) is 5.32 Å². The predicted molar refractivity (Wildman–Crippen MR) is 64.5 cm³/mol. The Bertz CT molecular complexity index is 322. The Hall–Kier alpha value is -0.380. The molecule has 84 valence electrons. The maximum absolute atomic E-state index is 5.89. The van der Waals surface area contributed by atoms with Gasteiger partial charge >= 0.3 is 0 Å². The molecule has 1 aromatic rings. The lowest BCUT2D eigenvalue weighted by molar-refractivity contribution is -0.0211. The van der Waals surface area contributed by atoms with Crippen molar-refractivity contribution in [2.24, 2.45) is 0 Å². The number of thiophene rings is 1. The van der Waals surface area contributed by atoms with Crippen LogP contribution in [0.2, 0.25) is 0 Å². The van der Waals surface area contributed by atoms with E-state index >= 15 is 0 Å². The zero-order valence-corrected chi connectivity index (χ0v) is 10.5. The van der Waals surface area contributed by atoms with Gasteiger partial charge in [-0.05, 0) is 32.4 Å². The van der Waals surface area contributed by atoms with Crippen LogP contribution in [0, 0.1) is 0 Å². The number of ether oxygens (including phenoxy) is 1. The summed E-state index contributed by atoms with van der Waals surface area (Å²) in [6.45, 7) is 8.26. The summed E-state index contributed by atoms with van der Waals surface area (Å²) in [7, 11) is 0. The fraction of sp³-hybridized carbons (Fsp3) is 0.667. The van der Waals surface area contributed by atoms with Gasteiger partial charge in [-0.3, -0.25) is 0 Å². The van der Waals surface area contributed by atoms with Crippen molar-refractivity contribution in [3.63, 3.8) is 0 Å². The highest BCUT2D eigenvalue weighted by atomic mass is 32.1. The number of aryl methyl sites for hydroxylation is 1. The van der Waals surface area contributed by atoms with Gasteiger partial charge in [-0.25, -0.2) is 0 Å². The number of nitrogens with one attached hydrogen (secondary N) is 1. The summed E-state index contributed by atoms with van der Waals surface area (Å²) < 4.78 is 5.89. The summed E-state index contributed by atoms with van der Waals surface area (Å²) in [5, 5.41) is 3.52. The van der Waals surface area contributed by atoms with E-state index in [1.54, 1.807) is 0 Å². The molecule has 0 saturated carbocycles. The molecule has 0 spiro atoms. The van der Waals surface area contributed by atoms with Crippen LogP contribution in [0.4, 0.5) is 0 Å². The van der Waals surface area contributed by atoms with Crippen LogP contribution in [-0.2, 0) is 11.2 Å². The Morgan fingerprint density at radius 2 is 2.33 bits per heavy atom. The van der Waals surface area contributed by atoms with E-state index in [9.17, 15) is 0 Å². The van der Waals surface area contributed by atoms with Gasteiger partial charge in [0.2, 0.25) is 0 Å². The molecule has 1 aliphatic heterocycles. The number of hydrogen-bond acceptors (Lipinski definition) is 3. The third-order valence-corrected chi connectivity index (χ3v) is 4.08. The van der Waals surface area contributed by atoms with Crippen molar-refractivity contribution in [1.29, 1.82) is 0 Å². The maximum atomic E-state index is 5.89. The molecule has 1 fully saturated rings. The number of hydrogen-bond donors (Lipinski definition) is 1. The van der Waals surface area contributed by atoms with Crippen LogP contribution >= 0.6 is 11.3 Å². The van der Waals surface area contributed by atoms with Crippen molar-refractivity contribution in [2.45, 2.75) is 38.8 Å². The van der Waals surface area contributed by atoms with Crippen molar-refractivity contribution in [3.8, 4) is 0 Å². The van der Waals surface area contributed by atoms with Gasteiger partial charge in [-0.15, -0.1) is 11.3 Å². The molecule has 15 heavy (non-hydrogen) atoms. The number of morpholine rings is 1. The van der Waals surface area contributed by atoms with Crippen LogP contribution < -0.4 is 5.32 Å². The van der Waals surface area contributed by atoms with Gasteiger partial charge in [-0.1, -0.05) is 6.92 Å². The molecular weight excluding hydrogens is 206 g/mol. The molecule has 0 radical (unpaired) electrons. The minimum absolute atomic E-state index is 0.126. The van der Waals surface area contributed by atoms with Crippen LogP contribution in [0.15, 0.2) is 12.1 Å². The van der Waals surface area contributed by atoms with E-state index in [0.717, 1.165) is 19.6 Å². The third-order valence-electron chi connectivity index (χ3n) is 2.76. The summed E-state index contributed by atoms with van der Waals surface area (Å²) in [5.74, 6) is 0. The molecule has 3 heteroatoms. The van der Waals surface area contributed by atoms with E-state index < -0.39 is 0 Å². The first-order chi connectivity index (χ1) is 7.11. The molecular formula is C12H19NOS. The molecule has 2 nitrogen and oxygen atoms in total. The first-order valence-electron chi connectivity index (χ1n) is 5.56. The summed E-state index contributed by atoms with van der Waals surface area (Å²) in [5.41, 5.74) is 0.126. The van der Waals surface area contributed by atoms with E-state index in [0.29, 0.717) is 0 Å². The Labute approximate surface area is 95.6 Å². The minimum atomic E-state index is 0.126. The Morgan fingerprint density at radius 3 is 2.87 bits per heavy atom. The molecule has 0 amide bonds. The maximum Gasteiger partial charge on any atom is 0.104 e. The molecule has 1 N–H and O–H groups in total. The quantitative estimate of drug-likeness (QED) is 0.835. The second kappa shape index (κ2) is 4.24. The zero-order valence-electron chi connectivity index (χ0n) is 9.67. The molecule has 1 saturated heterocycles. The van der Waals surface area contributed by atoms with Crippen LogP contribution in [0.25, 0.3) is 0 Å².